The molecule has 3 aliphatic rings. The summed E-state index contributed by atoms with van der Waals surface area (Å²) < 4.78 is 20.8. The third-order valence-corrected chi connectivity index (χ3v) is 6.82. The lowest BCUT2D eigenvalue weighted by molar-refractivity contribution is -0.122. The first-order chi connectivity index (χ1) is 14.4. The maximum Gasteiger partial charge on any atom is 0.262 e. The molecule has 2 aromatic carbocycles. The van der Waals surface area contributed by atoms with Crippen molar-refractivity contribution in [3.05, 3.63) is 47.8 Å². The minimum absolute atomic E-state index is 0.0750. The summed E-state index contributed by atoms with van der Waals surface area (Å²) in [6.07, 6.45) is 0. The van der Waals surface area contributed by atoms with Gasteiger partial charge in [0.1, 0.15) is 24.2 Å². The second-order valence-corrected chi connectivity index (χ2v) is 8.71. The van der Waals surface area contributed by atoms with E-state index in [0.717, 1.165) is 29.9 Å². The number of hydrogen-bond acceptors (Lipinski definition) is 5. The van der Waals surface area contributed by atoms with Crippen LogP contribution in [-0.2, 0) is 4.79 Å². The summed E-state index contributed by atoms with van der Waals surface area (Å²) in [5, 5.41) is 7.54. The topological polar surface area (TPSA) is 66.0 Å². The van der Waals surface area contributed by atoms with E-state index in [-0.39, 0.29) is 29.7 Å². The van der Waals surface area contributed by atoms with Crippen LogP contribution in [0.3, 0.4) is 0 Å². The van der Waals surface area contributed by atoms with Crippen molar-refractivity contribution < 1.29 is 13.9 Å². The lowest BCUT2D eigenvalue weighted by Crippen LogP contribution is -2.55. The third-order valence-electron chi connectivity index (χ3n) is 6.82. The highest BCUT2D eigenvalue weighted by molar-refractivity contribution is 6.09. The van der Waals surface area contributed by atoms with Gasteiger partial charge in [-0.05, 0) is 47.6 Å². The fourth-order valence-corrected chi connectivity index (χ4v) is 4.56. The Bertz CT molecular complexity index is 1060. The normalized spacial score (nSPS) is 22.7. The van der Waals surface area contributed by atoms with Crippen LogP contribution in [0.1, 0.15) is 32.3 Å². The molecule has 1 unspecified atom stereocenters. The first kappa shape index (κ1) is 19.1. The molecule has 0 radical (unpaired) electrons. The van der Waals surface area contributed by atoms with E-state index in [9.17, 15) is 9.18 Å². The van der Waals surface area contributed by atoms with Gasteiger partial charge in [0.2, 0.25) is 0 Å². The predicted molar refractivity (Wildman–Crippen MR) is 114 cm³/mol. The summed E-state index contributed by atoms with van der Waals surface area (Å²) in [6.45, 7) is 8.37. The van der Waals surface area contributed by atoms with Crippen molar-refractivity contribution in [1.29, 1.82) is 0 Å². The van der Waals surface area contributed by atoms with Crippen molar-refractivity contribution in [1.82, 2.24) is 10.7 Å². The van der Waals surface area contributed by atoms with Gasteiger partial charge in [-0.25, -0.2) is 9.82 Å². The maximum absolute atomic E-state index is 14.8. The SMILES string of the molecule is CC1C(=O)NN=C2COc3cc(-c4ccccc4F)c([C@@H](C)C4(C)CNC4)cc3N21. The zero-order chi connectivity index (χ0) is 21.0. The smallest absolute Gasteiger partial charge is 0.262 e. The number of nitrogens with one attached hydrogen (secondary N) is 2. The number of halogens is 1. The Hall–Kier alpha value is -2.93. The molecule has 5 rings (SSSR count). The number of rotatable bonds is 3. The van der Waals surface area contributed by atoms with Gasteiger partial charge in [0, 0.05) is 18.7 Å². The second-order valence-electron chi connectivity index (χ2n) is 8.71. The van der Waals surface area contributed by atoms with E-state index in [1.54, 1.807) is 12.1 Å². The number of hydrogen-bond donors (Lipinski definition) is 2. The van der Waals surface area contributed by atoms with E-state index in [4.69, 9.17) is 4.74 Å². The minimum Gasteiger partial charge on any atom is -0.483 e. The van der Waals surface area contributed by atoms with E-state index in [1.807, 2.05) is 24.0 Å². The monoisotopic (exact) mass is 408 g/mol. The van der Waals surface area contributed by atoms with Crippen LogP contribution in [0.4, 0.5) is 10.1 Å². The van der Waals surface area contributed by atoms with Gasteiger partial charge >= 0.3 is 0 Å². The Morgan fingerprint density at radius 2 is 2.03 bits per heavy atom. The molecule has 7 heteroatoms. The zero-order valence-corrected chi connectivity index (χ0v) is 17.3. The van der Waals surface area contributed by atoms with E-state index in [0.29, 0.717) is 17.1 Å². The van der Waals surface area contributed by atoms with Gasteiger partial charge in [0.05, 0.1) is 5.69 Å². The Labute approximate surface area is 175 Å². The van der Waals surface area contributed by atoms with Crippen LogP contribution in [0, 0.1) is 11.2 Å². The Morgan fingerprint density at radius 1 is 1.27 bits per heavy atom. The summed E-state index contributed by atoms with van der Waals surface area (Å²) in [5.41, 5.74) is 5.88. The molecule has 6 nitrogen and oxygen atoms in total. The molecule has 0 aliphatic carbocycles. The fourth-order valence-electron chi connectivity index (χ4n) is 4.56. The average Bonchev–Trinajstić information content (AvgIpc) is 2.73. The van der Waals surface area contributed by atoms with E-state index in [1.165, 1.54) is 6.07 Å². The highest BCUT2D eigenvalue weighted by atomic mass is 19.1. The van der Waals surface area contributed by atoms with Crippen LogP contribution in [0.5, 0.6) is 5.75 Å². The summed E-state index contributed by atoms with van der Waals surface area (Å²) >= 11 is 0. The van der Waals surface area contributed by atoms with Crippen LogP contribution >= 0.6 is 0 Å². The lowest BCUT2D eigenvalue weighted by Gasteiger charge is -2.46. The van der Waals surface area contributed by atoms with Crippen LogP contribution in [0.15, 0.2) is 41.5 Å². The number of amides is 1. The van der Waals surface area contributed by atoms with Gasteiger partial charge in [-0.3, -0.25) is 4.79 Å². The molecule has 3 heterocycles. The van der Waals surface area contributed by atoms with Crippen molar-refractivity contribution in [2.24, 2.45) is 10.5 Å². The number of hydrazone groups is 1. The van der Waals surface area contributed by atoms with E-state index >= 15 is 0 Å². The van der Waals surface area contributed by atoms with E-state index in [2.05, 4.69) is 35.8 Å². The molecule has 2 N–H and O–H groups in total. The number of ether oxygens (including phenoxy) is 1. The Balaban J connectivity index is 1.71. The number of amidine groups is 1. The minimum atomic E-state index is -0.399. The number of anilines is 1. The first-order valence-electron chi connectivity index (χ1n) is 10.3. The van der Waals surface area contributed by atoms with Crippen molar-refractivity contribution in [3.8, 4) is 16.9 Å². The third kappa shape index (κ3) is 2.80. The average molecular weight is 408 g/mol. The summed E-state index contributed by atoms with van der Waals surface area (Å²) in [4.78, 5) is 14.2. The first-order valence-corrected chi connectivity index (χ1v) is 10.3. The molecule has 0 spiro atoms. The van der Waals surface area contributed by atoms with Gasteiger partial charge in [-0.2, -0.15) is 5.10 Å². The molecular weight excluding hydrogens is 383 g/mol. The number of fused-ring (bicyclic) bond motifs is 3. The molecule has 0 aromatic heterocycles. The Morgan fingerprint density at radius 3 is 2.73 bits per heavy atom. The number of carbonyl (C=O) groups excluding carboxylic acids is 1. The molecule has 0 bridgehead atoms. The molecule has 30 heavy (non-hydrogen) atoms. The van der Waals surface area contributed by atoms with Gasteiger partial charge < -0.3 is 15.0 Å². The molecule has 2 aromatic rings. The van der Waals surface area contributed by atoms with E-state index < -0.39 is 6.04 Å². The highest BCUT2D eigenvalue weighted by Gasteiger charge is 2.41. The van der Waals surface area contributed by atoms with Crippen LogP contribution in [0.25, 0.3) is 11.1 Å². The predicted octanol–water partition coefficient (Wildman–Crippen LogP) is 3.24. The summed E-state index contributed by atoms with van der Waals surface area (Å²) in [6, 6.07) is 10.4. The summed E-state index contributed by atoms with van der Waals surface area (Å²) in [5.74, 6) is 1.07. The highest BCUT2D eigenvalue weighted by Crippen LogP contribution is 2.47. The van der Waals surface area contributed by atoms with Crippen LogP contribution in [0.2, 0.25) is 0 Å². The molecule has 1 saturated heterocycles. The lowest BCUT2D eigenvalue weighted by atomic mass is 9.69. The number of carbonyl (C=O) groups is 1. The van der Waals surface area contributed by atoms with Gasteiger partial charge in [0.15, 0.2) is 5.84 Å². The molecule has 0 saturated carbocycles. The molecule has 156 valence electrons. The van der Waals surface area contributed by atoms with Gasteiger partial charge in [-0.1, -0.05) is 32.0 Å². The van der Waals surface area contributed by atoms with Crippen LogP contribution < -0.4 is 20.4 Å². The maximum atomic E-state index is 14.8. The number of nitrogens with zero attached hydrogens (tertiary/aromatic N) is 2. The van der Waals surface area contributed by atoms with Crippen LogP contribution in [-0.4, -0.2) is 37.5 Å². The standard InChI is InChI=1S/C23H25FN4O2/c1-13(23(3)11-25-12-23)16-8-19-20(9-17(16)15-6-4-5-7-18(15)24)30-10-21-26-27-22(29)14(2)28(19)21/h4-9,13-14,25H,10-12H2,1-3H3,(H,27,29)/t13-,14?/m1/s1. The molecule has 3 aliphatic heterocycles. The van der Waals surface area contributed by atoms with Crippen molar-refractivity contribution >= 4 is 17.4 Å². The molecular formula is C23H25FN4O2. The largest absolute Gasteiger partial charge is 0.483 e. The molecule has 1 fully saturated rings. The quantitative estimate of drug-likeness (QED) is 0.818. The second kappa shape index (κ2) is 6.80. The van der Waals surface area contributed by atoms with Crippen molar-refractivity contribution in [3.63, 3.8) is 0 Å². The van der Waals surface area contributed by atoms with Gasteiger partial charge in [0.25, 0.3) is 5.91 Å². The fraction of sp³-hybridized carbons (Fsp3) is 0.391. The molecule has 1 amide bonds. The molecule has 2 atom stereocenters. The summed E-state index contributed by atoms with van der Waals surface area (Å²) in [7, 11) is 0. The number of benzene rings is 2. The van der Waals surface area contributed by atoms with Crippen molar-refractivity contribution in [2.45, 2.75) is 32.7 Å². The Kier molecular flexibility index (Phi) is 4.32. The zero-order valence-electron chi connectivity index (χ0n) is 17.3. The van der Waals surface area contributed by atoms with Crippen molar-refractivity contribution in [2.75, 3.05) is 24.6 Å². The van der Waals surface area contributed by atoms with Gasteiger partial charge in [-0.15, -0.1) is 0 Å².